The summed E-state index contributed by atoms with van der Waals surface area (Å²) >= 11 is 1.69. The van der Waals surface area contributed by atoms with Gasteiger partial charge < -0.3 is 10.6 Å². The molecule has 2 N–H and O–H groups in total. The van der Waals surface area contributed by atoms with E-state index in [4.69, 9.17) is 0 Å². The first-order valence-corrected chi connectivity index (χ1v) is 9.28. The molecule has 9 heteroatoms. The molecule has 0 aromatic carbocycles. The first kappa shape index (κ1) is 20.6. The molecule has 3 aromatic rings. The highest BCUT2D eigenvalue weighted by Crippen LogP contribution is 2.07. The zero-order chi connectivity index (χ0) is 17.5. The van der Waals surface area contributed by atoms with E-state index in [0.29, 0.717) is 0 Å². The van der Waals surface area contributed by atoms with Gasteiger partial charge in [0, 0.05) is 44.6 Å². The Kier molecular flexibility index (Phi) is 8.23. The summed E-state index contributed by atoms with van der Waals surface area (Å²) in [6.07, 6.45) is 4.73. The van der Waals surface area contributed by atoms with Crippen LogP contribution in [0, 0.1) is 6.92 Å². The zero-order valence-corrected chi connectivity index (χ0v) is 18.1. The van der Waals surface area contributed by atoms with Crippen LogP contribution in [-0.2, 0) is 12.8 Å². The van der Waals surface area contributed by atoms with E-state index in [1.54, 1.807) is 18.4 Å². The van der Waals surface area contributed by atoms with Gasteiger partial charge in [-0.1, -0.05) is 6.07 Å². The van der Waals surface area contributed by atoms with Gasteiger partial charge in [-0.2, -0.15) is 0 Å². The van der Waals surface area contributed by atoms with Gasteiger partial charge in [-0.05, 0) is 25.5 Å². The first-order chi connectivity index (χ1) is 12.3. The SMILES string of the molecule is CN=C(NCCCc1nnc2ccccn12)NCCc1csc(C)n1.I. The lowest BCUT2D eigenvalue weighted by Gasteiger charge is -2.11. The van der Waals surface area contributed by atoms with Crippen molar-refractivity contribution in [3.8, 4) is 0 Å². The zero-order valence-electron chi connectivity index (χ0n) is 15.0. The van der Waals surface area contributed by atoms with Crippen LogP contribution in [0.5, 0.6) is 0 Å². The molecule has 0 spiro atoms. The number of nitrogens with zero attached hydrogens (tertiary/aromatic N) is 5. The molecule has 7 nitrogen and oxygen atoms in total. The molecule has 0 aliphatic heterocycles. The molecule has 3 aromatic heterocycles. The van der Waals surface area contributed by atoms with E-state index >= 15 is 0 Å². The number of guanidine groups is 1. The Morgan fingerprint density at radius 3 is 2.81 bits per heavy atom. The smallest absolute Gasteiger partial charge is 0.190 e. The van der Waals surface area contributed by atoms with Crippen molar-refractivity contribution in [1.29, 1.82) is 0 Å². The van der Waals surface area contributed by atoms with Crippen LogP contribution in [0.15, 0.2) is 34.8 Å². The minimum absolute atomic E-state index is 0. The number of thiazole rings is 1. The van der Waals surface area contributed by atoms with Crippen LogP contribution in [0.2, 0.25) is 0 Å². The summed E-state index contributed by atoms with van der Waals surface area (Å²) in [5.74, 6) is 1.80. The number of pyridine rings is 1. The Labute approximate surface area is 174 Å². The number of nitrogens with one attached hydrogen (secondary N) is 2. The number of rotatable bonds is 7. The maximum atomic E-state index is 4.47. The molecule has 140 valence electrons. The summed E-state index contributed by atoms with van der Waals surface area (Å²) in [5.41, 5.74) is 2.02. The molecule has 26 heavy (non-hydrogen) atoms. The lowest BCUT2D eigenvalue weighted by atomic mass is 10.3. The first-order valence-electron chi connectivity index (χ1n) is 8.40. The number of aromatic nitrogens is 4. The molecule has 3 rings (SSSR count). The quantitative estimate of drug-likeness (QED) is 0.233. The minimum atomic E-state index is 0. The van der Waals surface area contributed by atoms with E-state index in [0.717, 1.165) is 60.5 Å². The van der Waals surface area contributed by atoms with Gasteiger partial charge in [-0.15, -0.1) is 45.5 Å². The van der Waals surface area contributed by atoms with Crippen LogP contribution >= 0.6 is 35.3 Å². The van der Waals surface area contributed by atoms with Gasteiger partial charge >= 0.3 is 0 Å². The molecular formula is C17H24IN7S. The molecule has 0 saturated heterocycles. The Balaban J connectivity index is 0.00000243. The van der Waals surface area contributed by atoms with E-state index in [9.17, 15) is 0 Å². The van der Waals surface area contributed by atoms with Crippen molar-refractivity contribution in [1.82, 2.24) is 30.2 Å². The van der Waals surface area contributed by atoms with Crippen LogP contribution in [0.25, 0.3) is 5.65 Å². The summed E-state index contributed by atoms with van der Waals surface area (Å²) < 4.78 is 2.03. The Morgan fingerprint density at radius 2 is 2.04 bits per heavy atom. The van der Waals surface area contributed by atoms with Crippen LogP contribution in [-0.4, -0.2) is 45.7 Å². The molecule has 0 unspecified atom stereocenters. The van der Waals surface area contributed by atoms with Gasteiger partial charge in [0.15, 0.2) is 11.6 Å². The predicted octanol–water partition coefficient (Wildman–Crippen LogP) is 2.45. The van der Waals surface area contributed by atoms with Crippen molar-refractivity contribution in [2.24, 2.45) is 4.99 Å². The maximum Gasteiger partial charge on any atom is 0.190 e. The van der Waals surface area contributed by atoms with Crippen molar-refractivity contribution < 1.29 is 0 Å². The Bertz CT molecular complexity index is 842. The lowest BCUT2D eigenvalue weighted by molar-refractivity contribution is 0.711. The van der Waals surface area contributed by atoms with Gasteiger partial charge in [0.25, 0.3) is 0 Å². The standard InChI is InChI=1S/C17H23N7S.HI/c1-13-21-14(12-25-13)8-10-20-17(18-2)19-9-5-7-16-23-22-15-6-3-4-11-24(15)16;/h3-4,6,11-12H,5,7-10H2,1-2H3,(H2,18,19,20);1H. The lowest BCUT2D eigenvalue weighted by Crippen LogP contribution is -2.38. The van der Waals surface area contributed by atoms with Crippen molar-refractivity contribution in [2.75, 3.05) is 20.1 Å². The average molecular weight is 485 g/mol. The summed E-state index contributed by atoms with van der Waals surface area (Å²) in [6.45, 7) is 3.68. The third-order valence-electron chi connectivity index (χ3n) is 3.82. The number of hydrogen-bond donors (Lipinski definition) is 2. The van der Waals surface area contributed by atoms with E-state index in [1.165, 1.54) is 0 Å². The second-order valence-corrected chi connectivity index (χ2v) is 6.74. The van der Waals surface area contributed by atoms with Crippen LogP contribution in [0.4, 0.5) is 0 Å². The fraction of sp³-hybridized carbons (Fsp3) is 0.412. The van der Waals surface area contributed by atoms with Crippen molar-refractivity contribution in [2.45, 2.75) is 26.2 Å². The molecule has 0 aliphatic carbocycles. The third-order valence-corrected chi connectivity index (χ3v) is 4.64. The minimum Gasteiger partial charge on any atom is -0.356 e. The maximum absolute atomic E-state index is 4.47. The largest absolute Gasteiger partial charge is 0.356 e. The molecule has 0 aliphatic rings. The highest BCUT2D eigenvalue weighted by atomic mass is 127. The summed E-state index contributed by atoms with van der Waals surface area (Å²) in [5, 5.41) is 18.3. The topological polar surface area (TPSA) is 79.5 Å². The van der Waals surface area contributed by atoms with E-state index < -0.39 is 0 Å². The molecule has 0 bridgehead atoms. The number of fused-ring (bicyclic) bond motifs is 1. The number of aliphatic imine (C=N–C) groups is 1. The molecule has 3 heterocycles. The molecule has 0 fully saturated rings. The molecular weight excluding hydrogens is 461 g/mol. The normalized spacial score (nSPS) is 11.4. The van der Waals surface area contributed by atoms with Crippen LogP contribution in [0.1, 0.15) is 22.9 Å². The highest BCUT2D eigenvalue weighted by Gasteiger charge is 2.04. The molecule has 0 radical (unpaired) electrons. The van der Waals surface area contributed by atoms with E-state index in [2.05, 4.69) is 36.2 Å². The van der Waals surface area contributed by atoms with Crippen molar-refractivity contribution >= 4 is 46.9 Å². The summed E-state index contributed by atoms with van der Waals surface area (Å²) in [6, 6.07) is 5.93. The molecule has 0 atom stereocenters. The second-order valence-electron chi connectivity index (χ2n) is 5.68. The van der Waals surface area contributed by atoms with E-state index in [-0.39, 0.29) is 24.0 Å². The van der Waals surface area contributed by atoms with E-state index in [1.807, 2.05) is 35.7 Å². The van der Waals surface area contributed by atoms with Crippen LogP contribution < -0.4 is 10.6 Å². The summed E-state index contributed by atoms with van der Waals surface area (Å²) in [4.78, 5) is 8.72. The van der Waals surface area contributed by atoms with Crippen molar-refractivity contribution in [3.05, 3.63) is 46.3 Å². The fourth-order valence-corrected chi connectivity index (χ4v) is 3.21. The second kappa shape index (κ2) is 10.4. The predicted molar refractivity (Wildman–Crippen MR) is 117 cm³/mol. The van der Waals surface area contributed by atoms with Crippen LogP contribution in [0.3, 0.4) is 0 Å². The van der Waals surface area contributed by atoms with Gasteiger partial charge in [0.2, 0.25) is 0 Å². The van der Waals surface area contributed by atoms with Gasteiger partial charge in [0.1, 0.15) is 5.82 Å². The Morgan fingerprint density at radius 1 is 1.19 bits per heavy atom. The highest BCUT2D eigenvalue weighted by molar-refractivity contribution is 14.0. The fourth-order valence-electron chi connectivity index (χ4n) is 2.57. The average Bonchev–Trinajstić information content (AvgIpc) is 3.23. The van der Waals surface area contributed by atoms with Gasteiger partial charge in [-0.25, -0.2) is 4.98 Å². The van der Waals surface area contributed by atoms with Crippen molar-refractivity contribution in [3.63, 3.8) is 0 Å². The number of halogens is 1. The Hall–Kier alpha value is -1.75. The van der Waals surface area contributed by atoms with Gasteiger partial charge in [-0.3, -0.25) is 9.39 Å². The van der Waals surface area contributed by atoms with Gasteiger partial charge in [0.05, 0.1) is 10.7 Å². The molecule has 0 saturated carbocycles. The summed E-state index contributed by atoms with van der Waals surface area (Å²) in [7, 11) is 1.79. The molecule has 0 amide bonds. The monoisotopic (exact) mass is 485 g/mol. The number of hydrogen-bond acceptors (Lipinski definition) is 5. The third kappa shape index (κ3) is 5.63. The number of aryl methyl sites for hydroxylation is 2.